The van der Waals surface area contributed by atoms with E-state index in [0.29, 0.717) is 15.8 Å². The van der Waals surface area contributed by atoms with Gasteiger partial charge >= 0.3 is 11.9 Å². The van der Waals surface area contributed by atoms with Crippen molar-refractivity contribution < 1.29 is 28.6 Å². The van der Waals surface area contributed by atoms with Crippen LogP contribution in [0.3, 0.4) is 0 Å². The van der Waals surface area contributed by atoms with E-state index >= 15 is 0 Å². The molecule has 1 aromatic rings. The number of carbonyl (C=O) groups excluding carboxylic acids is 3. The highest BCUT2D eigenvalue weighted by Gasteiger charge is 2.35. The standard InChI is InChI=1S/C14H15BrO6/c1-19-11-5-4-8(6-9(11)15)7-10(16)12(13(17)20-2)14(18)21-3/h4-6,12H,7H2,1-3H3. The molecule has 0 atom stereocenters. The summed E-state index contributed by atoms with van der Waals surface area (Å²) in [6, 6.07) is 5.04. The van der Waals surface area contributed by atoms with Gasteiger partial charge in [0.05, 0.1) is 25.8 Å². The van der Waals surface area contributed by atoms with E-state index in [1.54, 1.807) is 18.2 Å². The van der Waals surface area contributed by atoms with E-state index < -0.39 is 23.6 Å². The number of Topliss-reactive ketones (excluding diaryl/α,β-unsaturated/α-hetero) is 1. The first kappa shape index (κ1) is 17.2. The van der Waals surface area contributed by atoms with Gasteiger partial charge in [0.25, 0.3) is 0 Å². The van der Waals surface area contributed by atoms with Gasteiger partial charge in [-0.1, -0.05) is 6.07 Å². The maximum absolute atomic E-state index is 12.1. The average Bonchev–Trinajstić information content (AvgIpc) is 2.47. The molecule has 0 spiro atoms. The minimum atomic E-state index is -1.57. The van der Waals surface area contributed by atoms with Crippen LogP contribution in [0, 0.1) is 5.92 Å². The molecule has 6 nitrogen and oxygen atoms in total. The maximum Gasteiger partial charge on any atom is 0.327 e. The minimum Gasteiger partial charge on any atom is -0.496 e. The van der Waals surface area contributed by atoms with Crippen molar-refractivity contribution in [1.29, 1.82) is 0 Å². The number of rotatable bonds is 6. The maximum atomic E-state index is 12.1. The van der Waals surface area contributed by atoms with Crippen LogP contribution >= 0.6 is 15.9 Å². The summed E-state index contributed by atoms with van der Waals surface area (Å²) in [5, 5.41) is 0. The molecule has 0 fully saturated rings. The number of benzene rings is 1. The molecule has 0 amide bonds. The second-order valence-corrected chi connectivity index (χ2v) is 4.95. The molecule has 0 saturated carbocycles. The quantitative estimate of drug-likeness (QED) is 0.566. The molecule has 0 unspecified atom stereocenters. The lowest BCUT2D eigenvalue weighted by molar-refractivity contribution is -0.161. The van der Waals surface area contributed by atoms with Crippen molar-refractivity contribution in [3.63, 3.8) is 0 Å². The Morgan fingerprint density at radius 3 is 2.10 bits per heavy atom. The van der Waals surface area contributed by atoms with E-state index in [-0.39, 0.29) is 6.42 Å². The summed E-state index contributed by atoms with van der Waals surface area (Å²) in [6.45, 7) is 0. The lowest BCUT2D eigenvalue weighted by atomic mass is 9.98. The molecule has 1 rings (SSSR count). The second-order valence-electron chi connectivity index (χ2n) is 4.09. The molecule has 114 valence electrons. The zero-order chi connectivity index (χ0) is 16.0. The first-order valence-corrected chi connectivity index (χ1v) is 6.74. The van der Waals surface area contributed by atoms with Gasteiger partial charge in [-0.25, -0.2) is 0 Å². The van der Waals surface area contributed by atoms with Gasteiger partial charge in [-0.05, 0) is 33.6 Å². The Hall–Kier alpha value is -1.89. The summed E-state index contributed by atoms with van der Waals surface area (Å²) in [6.07, 6.45) is -0.0997. The first-order chi connectivity index (χ1) is 9.94. The molecule has 0 aliphatic rings. The largest absolute Gasteiger partial charge is 0.496 e. The molecular weight excluding hydrogens is 344 g/mol. The predicted molar refractivity (Wildman–Crippen MR) is 76.9 cm³/mol. The Kier molecular flexibility index (Phi) is 6.36. The van der Waals surface area contributed by atoms with E-state index in [9.17, 15) is 14.4 Å². The van der Waals surface area contributed by atoms with E-state index in [1.165, 1.54) is 7.11 Å². The van der Waals surface area contributed by atoms with E-state index in [4.69, 9.17) is 4.74 Å². The summed E-state index contributed by atoms with van der Waals surface area (Å²) in [7, 11) is 3.74. The summed E-state index contributed by atoms with van der Waals surface area (Å²) < 4.78 is 14.7. The number of methoxy groups -OCH3 is 3. The van der Waals surface area contributed by atoms with Gasteiger partial charge in [0.1, 0.15) is 5.75 Å². The molecule has 0 saturated heterocycles. The van der Waals surface area contributed by atoms with Crippen molar-refractivity contribution in [2.75, 3.05) is 21.3 Å². The van der Waals surface area contributed by atoms with Crippen molar-refractivity contribution >= 4 is 33.7 Å². The first-order valence-electron chi connectivity index (χ1n) is 5.95. The number of hydrogen-bond acceptors (Lipinski definition) is 6. The summed E-state index contributed by atoms with van der Waals surface area (Å²) in [4.78, 5) is 35.2. The Balaban J connectivity index is 2.94. The molecule has 0 aliphatic carbocycles. The molecule has 0 aromatic heterocycles. The van der Waals surface area contributed by atoms with E-state index in [0.717, 1.165) is 14.2 Å². The molecule has 0 bridgehead atoms. The third-order valence-corrected chi connectivity index (χ3v) is 3.41. The van der Waals surface area contributed by atoms with Crippen LogP contribution in [0.4, 0.5) is 0 Å². The Labute approximate surface area is 130 Å². The Morgan fingerprint density at radius 2 is 1.67 bits per heavy atom. The van der Waals surface area contributed by atoms with Crippen molar-refractivity contribution in [3.05, 3.63) is 28.2 Å². The molecule has 0 heterocycles. The molecule has 1 aromatic carbocycles. The topological polar surface area (TPSA) is 78.9 Å². The number of esters is 2. The van der Waals surface area contributed by atoms with Gasteiger partial charge in [-0.2, -0.15) is 0 Å². The van der Waals surface area contributed by atoms with Gasteiger partial charge in [-0.15, -0.1) is 0 Å². The molecule has 0 aliphatic heterocycles. The lowest BCUT2D eigenvalue weighted by Gasteiger charge is -2.12. The Morgan fingerprint density at radius 1 is 1.10 bits per heavy atom. The van der Waals surface area contributed by atoms with Crippen molar-refractivity contribution in [2.24, 2.45) is 5.92 Å². The number of ether oxygens (including phenoxy) is 3. The van der Waals surface area contributed by atoms with Crippen LogP contribution < -0.4 is 4.74 Å². The molecular formula is C14H15BrO6. The highest BCUT2D eigenvalue weighted by molar-refractivity contribution is 9.10. The van der Waals surface area contributed by atoms with E-state index in [2.05, 4.69) is 25.4 Å². The second kappa shape index (κ2) is 7.78. The van der Waals surface area contributed by atoms with Crippen LogP contribution in [-0.2, 0) is 30.3 Å². The van der Waals surface area contributed by atoms with Gasteiger partial charge in [0.2, 0.25) is 5.92 Å². The zero-order valence-electron chi connectivity index (χ0n) is 11.8. The number of halogens is 1. The minimum absolute atomic E-state index is 0.0997. The zero-order valence-corrected chi connectivity index (χ0v) is 13.4. The molecule has 7 heteroatoms. The van der Waals surface area contributed by atoms with Crippen molar-refractivity contribution in [2.45, 2.75) is 6.42 Å². The average molecular weight is 359 g/mol. The third kappa shape index (κ3) is 4.29. The van der Waals surface area contributed by atoms with Crippen LogP contribution in [0.5, 0.6) is 5.75 Å². The lowest BCUT2D eigenvalue weighted by Crippen LogP contribution is -2.34. The number of hydrogen-bond donors (Lipinski definition) is 0. The van der Waals surface area contributed by atoms with Gasteiger partial charge < -0.3 is 14.2 Å². The number of ketones is 1. The molecule has 0 N–H and O–H groups in total. The highest BCUT2D eigenvalue weighted by atomic mass is 79.9. The van der Waals surface area contributed by atoms with Gasteiger partial charge in [-0.3, -0.25) is 14.4 Å². The van der Waals surface area contributed by atoms with Crippen LogP contribution in [0.1, 0.15) is 5.56 Å². The number of carbonyl (C=O) groups is 3. The summed E-state index contributed by atoms with van der Waals surface area (Å²) in [5.41, 5.74) is 0.630. The normalized spacial score (nSPS) is 10.1. The fourth-order valence-electron chi connectivity index (χ4n) is 1.72. The van der Waals surface area contributed by atoms with Crippen LogP contribution in [0.15, 0.2) is 22.7 Å². The van der Waals surface area contributed by atoms with Crippen molar-refractivity contribution in [3.8, 4) is 5.75 Å². The fourth-order valence-corrected chi connectivity index (χ4v) is 2.31. The third-order valence-electron chi connectivity index (χ3n) is 2.79. The van der Waals surface area contributed by atoms with Crippen molar-refractivity contribution in [1.82, 2.24) is 0 Å². The molecule has 0 radical (unpaired) electrons. The van der Waals surface area contributed by atoms with Gasteiger partial charge in [0, 0.05) is 6.42 Å². The Bertz CT molecular complexity index is 538. The highest BCUT2D eigenvalue weighted by Crippen LogP contribution is 2.26. The SMILES string of the molecule is COC(=O)C(C(=O)Cc1ccc(OC)c(Br)c1)C(=O)OC. The van der Waals surface area contributed by atoms with Crippen LogP contribution in [0.25, 0.3) is 0 Å². The predicted octanol–water partition coefficient (Wildman–Crippen LogP) is 1.53. The fraction of sp³-hybridized carbons (Fsp3) is 0.357. The smallest absolute Gasteiger partial charge is 0.327 e. The molecule has 21 heavy (non-hydrogen) atoms. The van der Waals surface area contributed by atoms with Gasteiger partial charge in [0.15, 0.2) is 5.78 Å². The van der Waals surface area contributed by atoms with Crippen LogP contribution in [-0.4, -0.2) is 39.1 Å². The summed E-state index contributed by atoms with van der Waals surface area (Å²) in [5.74, 6) is -3.41. The summed E-state index contributed by atoms with van der Waals surface area (Å²) >= 11 is 3.30. The monoisotopic (exact) mass is 358 g/mol. The van der Waals surface area contributed by atoms with Crippen LogP contribution in [0.2, 0.25) is 0 Å². The van der Waals surface area contributed by atoms with E-state index in [1.807, 2.05) is 0 Å².